The minimum absolute atomic E-state index is 0.0376. The van der Waals surface area contributed by atoms with E-state index in [1.807, 2.05) is 6.07 Å². The van der Waals surface area contributed by atoms with Crippen molar-refractivity contribution in [1.29, 1.82) is 0 Å². The van der Waals surface area contributed by atoms with E-state index in [-0.39, 0.29) is 17.8 Å². The Balaban J connectivity index is 2.15. The number of benzene rings is 2. The molecule has 0 aliphatic heterocycles. The summed E-state index contributed by atoms with van der Waals surface area (Å²) < 4.78 is 16.9. The summed E-state index contributed by atoms with van der Waals surface area (Å²) in [6.45, 7) is 5.51. The fraction of sp³-hybridized carbons (Fsp3) is 0.167. The Labute approximate surface area is 137 Å². The summed E-state index contributed by atoms with van der Waals surface area (Å²) >= 11 is 0. The number of aromatic nitrogens is 2. The molecule has 1 unspecified atom stereocenters. The highest BCUT2D eigenvalue weighted by molar-refractivity contribution is 5.79. The molecule has 1 aromatic heterocycles. The number of rotatable bonds is 5. The lowest BCUT2D eigenvalue weighted by Gasteiger charge is -2.11. The quantitative estimate of drug-likeness (QED) is 0.667. The fourth-order valence-electron chi connectivity index (χ4n) is 2.86. The molecular weight excluding hydrogens is 309 g/mol. The van der Waals surface area contributed by atoms with Crippen molar-refractivity contribution >= 4 is 16.7 Å². The topological polar surface area (TPSA) is 56.4 Å². The maximum atomic E-state index is 14.0. The standard InChI is InChI=1S/C18H16FN3O2/c1-12(2)22-17-10-6-5-9-16(17)21(18(22)23)11-15(20-24)13-7-3-4-8-14(13)19/h3-10,15H,1,11H2,2H3. The van der Waals surface area contributed by atoms with Gasteiger partial charge in [0.05, 0.1) is 17.6 Å². The molecule has 2 aromatic carbocycles. The summed E-state index contributed by atoms with van der Waals surface area (Å²) in [6, 6.07) is 12.2. The van der Waals surface area contributed by atoms with E-state index >= 15 is 0 Å². The first-order valence-electron chi connectivity index (χ1n) is 7.47. The van der Waals surface area contributed by atoms with Crippen molar-refractivity contribution in [3.8, 4) is 0 Å². The second kappa shape index (κ2) is 6.23. The molecule has 0 radical (unpaired) electrons. The Hall–Kier alpha value is -3.02. The van der Waals surface area contributed by atoms with Crippen molar-refractivity contribution in [2.45, 2.75) is 19.5 Å². The third kappa shape index (κ3) is 2.56. The molecule has 3 rings (SSSR count). The molecule has 3 aromatic rings. The minimum Gasteiger partial charge on any atom is -0.289 e. The van der Waals surface area contributed by atoms with Crippen molar-refractivity contribution < 1.29 is 4.39 Å². The van der Waals surface area contributed by atoms with Crippen LogP contribution in [0, 0.1) is 10.7 Å². The highest BCUT2D eigenvalue weighted by Gasteiger charge is 2.21. The van der Waals surface area contributed by atoms with Crippen molar-refractivity contribution in [1.82, 2.24) is 9.13 Å². The van der Waals surface area contributed by atoms with E-state index in [0.717, 1.165) is 0 Å². The average molecular weight is 325 g/mol. The first-order valence-corrected chi connectivity index (χ1v) is 7.47. The lowest BCUT2D eigenvalue weighted by atomic mass is 10.1. The van der Waals surface area contributed by atoms with Gasteiger partial charge in [-0.05, 0) is 25.1 Å². The SMILES string of the molecule is C=C(C)n1c(=O)n(CC(N=O)c2ccccc2F)c2ccccc21. The van der Waals surface area contributed by atoms with E-state index in [4.69, 9.17) is 0 Å². The predicted molar refractivity (Wildman–Crippen MR) is 92.1 cm³/mol. The van der Waals surface area contributed by atoms with Gasteiger partial charge in [-0.1, -0.05) is 42.1 Å². The van der Waals surface area contributed by atoms with Gasteiger partial charge in [-0.2, -0.15) is 4.91 Å². The van der Waals surface area contributed by atoms with Crippen LogP contribution in [0.15, 0.2) is 65.1 Å². The summed E-state index contributed by atoms with van der Waals surface area (Å²) in [7, 11) is 0. The molecule has 0 aliphatic carbocycles. The number of nitrogens with zero attached hydrogens (tertiary/aromatic N) is 3. The van der Waals surface area contributed by atoms with E-state index in [2.05, 4.69) is 11.8 Å². The first kappa shape index (κ1) is 15.9. The fourth-order valence-corrected chi connectivity index (χ4v) is 2.86. The van der Waals surface area contributed by atoms with Crippen molar-refractivity contribution in [2.75, 3.05) is 0 Å². The van der Waals surface area contributed by atoms with Gasteiger partial charge in [0, 0.05) is 11.3 Å². The van der Waals surface area contributed by atoms with E-state index < -0.39 is 11.9 Å². The maximum Gasteiger partial charge on any atom is 0.333 e. The molecular formula is C18H16FN3O2. The predicted octanol–water partition coefficient (Wildman–Crippen LogP) is 3.94. The van der Waals surface area contributed by atoms with Gasteiger partial charge >= 0.3 is 5.69 Å². The highest BCUT2D eigenvalue weighted by atomic mass is 19.1. The van der Waals surface area contributed by atoms with E-state index in [9.17, 15) is 14.1 Å². The third-order valence-electron chi connectivity index (χ3n) is 3.96. The van der Waals surface area contributed by atoms with Crippen LogP contribution < -0.4 is 5.69 Å². The van der Waals surface area contributed by atoms with Crippen LogP contribution in [0.1, 0.15) is 18.5 Å². The smallest absolute Gasteiger partial charge is 0.289 e. The molecule has 0 aliphatic rings. The van der Waals surface area contributed by atoms with Crippen LogP contribution in [0.4, 0.5) is 4.39 Å². The summed E-state index contributed by atoms with van der Waals surface area (Å²) in [6.07, 6.45) is 0. The largest absolute Gasteiger partial charge is 0.333 e. The normalized spacial score (nSPS) is 12.2. The average Bonchev–Trinajstić information content (AvgIpc) is 2.85. The summed E-state index contributed by atoms with van der Waals surface area (Å²) in [5.74, 6) is -0.515. The number of hydrogen-bond donors (Lipinski definition) is 0. The second-order valence-electron chi connectivity index (χ2n) is 5.60. The monoisotopic (exact) mass is 325 g/mol. The maximum absolute atomic E-state index is 14.0. The Kier molecular flexibility index (Phi) is 4.12. The van der Waals surface area contributed by atoms with Gasteiger partial charge in [0.2, 0.25) is 0 Å². The molecule has 1 heterocycles. The third-order valence-corrected chi connectivity index (χ3v) is 3.96. The van der Waals surface area contributed by atoms with Gasteiger partial charge in [0.25, 0.3) is 0 Å². The van der Waals surface area contributed by atoms with Gasteiger partial charge in [-0.25, -0.2) is 9.18 Å². The summed E-state index contributed by atoms with van der Waals surface area (Å²) in [4.78, 5) is 24.0. The van der Waals surface area contributed by atoms with Gasteiger partial charge in [-0.3, -0.25) is 9.13 Å². The molecule has 0 saturated carbocycles. The zero-order chi connectivity index (χ0) is 17.3. The van der Waals surface area contributed by atoms with Crippen LogP contribution in [0.5, 0.6) is 0 Å². The molecule has 1 atom stereocenters. The molecule has 24 heavy (non-hydrogen) atoms. The minimum atomic E-state index is -0.992. The van der Waals surface area contributed by atoms with Gasteiger partial charge in [-0.15, -0.1) is 0 Å². The summed E-state index contributed by atoms with van der Waals surface area (Å²) in [5, 5.41) is 3.04. The zero-order valence-corrected chi connectivity index (χ0v) is 13.1. The molecule has 0 N–H and O–H groups in total. The second-order valence-corrected chi connectivity index (χ2v) is 5.60. The number of allylic oxidation sites excluding steroid dienone is 1. The lowest BCUT2D eigenvalue weighted by Crippen LogP contribution is -2.25. The van der Waals surface area contributed by atoms with E-state index in [0.29, 0.717) is 16.7 Å². The number of halogens is 1. The molecule has 0 fully saturated rings. The highest BCUT2D eigenvalue weighted by Crippen LogP contribution is 2.24. The molecule has 5 nitrogen and oxygen atoms in total. The van der Waals surface area contributed by atoms with E-state index in [1.165, 1.54) is 21.3 Å². The van der Waals surface area contributed by atoms with Crippen LogP contribution in [0.2, 0.25) is 0 Å². The molecule has 122 valence electrons. The van der Waals surface area contributed by atoms with Gasteiger partial charge in [0.1, 0.15) is 11.9 Å². The van der Waals surface area contributed by atoms with Crippen LogP contribution in [-0.4, -0.2) is 9.13 Å². The van der Waals surface area contributed by atoms with Gasteiger partial charge < -0.3 is 0 Å². The Morgan fingerprint density at radius 1 is 1.17 bits per heavy atom. The molecule has 0 amide bonds. The first-order chi connectivity index (χ1) is 11.5. The number of para-hydroxylation sites is 2. The number of imidazole rings is 1. The van der Waals surface area contributed by atoms with Crippen LogP contribution in [0.3, 0.4) is 0 Å². The Morgan fingerprint density at radius 2 is 1.79 bits per heavy atom. The zero-order valence-electron chi connectivity index (χ0n) is 13.1. The lowest BCUT2D eigenvalue weighted by molar-refractivity contribution is 0.528. The summed E-state index contributed by atoms with van der Waals surface area (Å²) in [5.41, 5.74) is 1.75. The molecule has 0 bridgehead atoms. The van der Waals surface area contributed by atoms with Crippen molar-refractivity contribution in [3.05, 3.63) is 81.9 Å². The van der Waals surface area contributed by atoms with Crippen LogP contribution in [-0.2, 0) is 6.54 Å². The number of fused-ring (bicyclic) bond motifs is 1. The van der Waals surface area contributed by atoms with Crippen LogP contribution >= 0.6 is 0 Å². The van der Waals surface area contributed by atoms with E-state index in [1.54, 1.807) is 37.3 Å². The van der Waals surface area contributed by atoms with Crippen LogP contribution in [0.25, 0.3) is 16.7 Å². The Bertz CT molecular complexity index is 987. The molecule has 6 heteroatoms. The van der Waals surface area contributed by atoms with Crippen molar-refractivity contribution in [3.63, 3.8) is 0 Å². The molecule has 0 spiro atoms. The van der Waals surface area contributed by atoms with Gasteiger partial charge in [0.15, 0.2) is 0 Å². The number of nitroso groups, excluding NO2 is 1. The Morgan fingerprint density at radius 3 is 2.42 bits per heavy atom. The number of hydrogen-bond acceptors (Lipinski definition) is 3. The van der Waals surface area contributed by atoms with Crippen molar-refractivity contribution in [2.24, 2.45) is 5.18 Å². The molecule has 0 saturated heterocycles.